The van der Waals surface area contributed by atoms with Crippen LogP contribution in [0, 0.1) is 0 Å². The van der Waals surface area contributed by atoms with Crippen molar-refractivity contribution in [1.82, 2.24) is 19.6 Å². The highest BCUT2D eigenvalue weighted by Crippen LogP contribution is 2.40. The van der Waals surface area contributed by atoms with Gasteiger partial charge in [-0.25, -0.2) is 4.79 Å². The van der Waals surface area contributed by atoms with Crippen LogP contribution in [0.2, 0.25) is 0 Å². The number of rotatable bonds is 7. The Morgan fingerprint density at radius 2 is 2.17 bits per heavy atom. The van der Waals surface area contributed by atoms with Gasteiger partial charge in [0.15, 0.2) is 5.13 Å². The number of nitrogens with two attached hydrogens (primary N) is 1. The van der Waals surface area contributed by atoms with Crippen molar-refractivity contribution in [3.05, 3.63) is 17.1 Å². The lowest BCUT2D eigenvalue weighted by Gasteiger charge is -2.49. The normalized spacial score (nSPS) is 20.9. The average molecular weight is 456 g/mol. The number of nitrogens with one attached hydrogen (secondary N) is 1. The number of carboxylic acid groups (broad SMARTS) is 1. The lowest BCUT2D eigenvalue weighted by atomic mass is 10.0. The van der Waals surface area contributed by atoms with Gasteiger partial charge >= 0.3 is 11.9 Å². The van der Waals surface area contributed by atoms with Crippen LogP contribution >= 0.6 is 23.3 Å². The highest BCUT2D eigenvalue weighted by Gasteiger charge is 2.54. The first-order valence-corrected chi connectivity index (χ1v) is 10.1. The number of fused-ring (bicyclic) bond motifs is 1. The molecule has 30 heavy (non-hydrogen) atoms. The molecular formula is C15H16N6O7S2. The molecule has 1 aromatic heterocycles. The van der Waals surface area contributed by atoms with Crippen LogP contribution < -0.4 is 11.1 Å². The molecule has 4 N–H and O–H groups in total. The van der Waals surface area contributed by atoms with Gasteiger partial charge in [-0.3, -0.25) is 19.3 Å². The number of carbonyl (C=O) groups excluding carboxylic acids is 3. The van der Waals surface area contributed by atoms with E-state index in [-0.39, 0.29) is 34.7 Å². The van der Waals surface area contributed by atoms with E-state index in [1.807, 2.05) is 0 Å². The third kappa shape index (κ3) is 4.06. The van der Waals surface area contributed by atoms with Gasteiger partial charge in [-0.1, -0.05) is 5.16 Å². The van der Waals surface area contributed by atoms with E-state index < -0.39 is 35.2 Å². The minimum Gasteiger partial charge on any atom is -0.477 e. The molecule has 160 valence electrons. The summed E-state index contributed by atoms with van der Waals surface area (Å²) in [4.78, 5) is 57.6. The Labute approximate surface area is 177 Å². The van der Waals surface area contributed by atoms with Crippen LogP contribution in [-0.4, -0.2) is 79.7 Å². The molecule has 0 aliphatic carbocycles. The summed E-state index contributed by atoms with van der Waals surface area (Å²) >= 11 is 2.09. The molecule has 0 saturated carbocycles. The van der Waals surface area contributed by atoms with Gasteiger partial charge in [0.2, 0.25) is 11.5 Å². The van der Waals surface area contributed by atoms with Crippen molar-refractivity contribution in [2.75, 3.05) is 25.2 Å². The van der Waals surface area contributed by atoms with Gasteiger partial charge in [-0.05, 0) is 0 Å². The first kappa shape index (κ1) is 21.5. The van der Waals surface area contributed by atoms with Crippen molar-refractivity contribution in [3.63, 3.8) is 0 Å². The van der Waals surface area contributed by atoms with Crippen LogP contribution in [0.5, 0.6) is 0 Å². The van der Waals surface area contributed by atoms with Crippen LogP contribution in [0.25, 0.3) is 0 Å². The molecule has 0 aromatic carbocycles. The molecule has 1 saturated heterocycles. The van der Waals surface area contributed by atoms with Gasteiger partial charge in [0, 0.05) is 29.8 Å². The number of oxime groups is 1. The van der Waals surface area contributed by atoms with Crippen molar-refractivity contribution in [1.29, 1.82) is 0 Å². The molecule has 0 spiro atoms. The Hall–Kier alpha value is -3.20. The number of carbonyl (C=O) groups is 4. The Morgan fingerprint density at radius 3 is 2.73 bits per heavy atom. The summed E-state index contributed by atoms with van der Waals surface area (Å²) in [5.74, 6) is -3.16. The summed E-state index contributed by atoms with van der Waals surface area (Å²) in [5.41, 5.74) is 5.28. The maximum atomic E-state index is 12.6. The zero-order chi connectivity index (χ0) is 22.0. The summed E-state index contributed by atoms with van der Waals surface area (Å²) in [5, 5.41) is 15.1. The molecule has 3 rings (SSSR count). The van der Waals surface area contributed by atoms with Gasteiger partial charge in [-0.15, -0.1) is 11.8 Å². The van der Waals surface area contributed by atoms with Crippen LogP contribution in [0.15, 0.2) is 16.4 Å². The zero-order valence-electron chi connectivity index (χ0n) is 15.6. The van der Waals surface area contributed by atoms with Crippen LogP contribution in [0.1, 0.15) is 12.7 Å². The summed E-state index contributed by atoms with van der Waals surface area (Å²) in [6.07, 6.45) is 0. The Balaban J connectivity index is 1.77. The van der Waals surface area contributed by atoms with Crippen molar-refractivity contribution < 1.29 is 33.9 Å². The fourth-order valence-corrected chi connectivity index (χ4v) is 4.56. The van der Waals surface area contributed by atoms with E-state index in [1.54, 1.807) is 0 Å². The largest absolute Gasteiger partial charge is 0.477 e. The first-order chi connectivity index (χ1) is 14.2. The Kier molecular flexibility index (Phi) is 6.21. The fourth-order valence-electron chi connectivity index (χ4n) is 2.80. The molecule has 1 fully saturated rings. The maximum Gasteiger partial charge on any atom is 0.352 e. The molecule has 1 aromatic rings. The number of amides is 2. The van der Waals surface area contributed by atoms with Gasteiger partial charge in [0.25, 0.3) is 11.8 Å². The summed E-state index contributed by atoms with van der Waals surface area (Å²) in [6.45, 7) is 0.961. The number of nitrogen functional groups attached to an aromatic ring is 1. The summed E-state index contributed by atoms with van der Waals surface area (Å²) < 4.78 is 8.77. The number of carboxylic acids is 1. The molecule has 2 amide bonds. The van der Waals surface area contributed by atoms with E-state index in [0.717, 1.165) is 16.4 Å². The summed E-state index contributed by atoms with van der Waals surface area (Å²) in [6, 6.07) is -0.995. The molecule has 3 heterocycles. The number of hydrogen-bond donors (Lipinski definition) is 3. The number of aliphatic carboxylic acids is 1. The lowest BCUT2D eigenvalue weighted by molar-refractivity contribution is -0.150. The van der Waals surface area contributed by atoms with E-state index >= 15 is 0 Å². The van der Waals surface area contributed by atoms with Gasteiger partial charge in [0.1, 0.15) is 30.8 Å². The van der Waals surface area contributed by atoms with Gasteiger partial charge in [-0.2, -0.15) is 9.36 Å². The van der Waals surface area contributed by atoms with Crippen molar-refractivity contribution >= 4 is 57.9 Å². The molecule has 2 aliphatic rings. The maximum absolute atomic E-state index is 12.6. The quantitative estimate of drug-likeness (QED) is 0.193. The van der Waals surface area contributed by atoms with Crippen LogP contribution in [0.4, 0.5) is 5.13 Å². The number of aromatic nitrogens is 2. The molecule has 0 bridgehead atoms. The third-order valence-electron chi connectivity index (χ3n) is 4.04. The number of hydrogen-bond acceptors (Lipinski definition) is 12. The SMILES string of the molecule is CO/N=C(\C(=O)N[C@@H]1C(=O)N2C(C(=O)O)=C(COC(C)=O)CS[C@@H]12)c1nsc(N)n1. The fraction of sp³-hybridized carbons (Fsp3) is 0.400. The minimum absolute atomic E-state index is 0.0634. The molecular weight excluding hydrogens is 440 g/mol. The van der Waals surface area contributed by atoms with Crippen LogP contribution in [-0.2, 0) is 28.8 Å². The molecule has 0 radical (unpaired) electrons. The number of nitrogens with zero attached hydrogens (tertiary/aromatic N) is 4. The van der Waals surface area contributed by atoms with E-state index in [9.17, 15) is 24.3 Å². The second-order valence-electron chi connectivity index (χ2n) is 5.98. The molecule has 15 heteroatoms. The highest BCUT2D eigenvalue weighted by molar-refractivity contribution is 8.00. The van der Waals surface area contributed by atoms with Gasteiger partial charge in [0.05, 0.1) is 0 Å². The Morgan fingerprint density at radius 1 is 1.43 bits per heavy atom. The van der Waals surface area contributed by atoms with E-state index in [0.29, 0.717) is 5.57 Å². The molecule has 2 atom stereocenters. The second-order valence-corrected chi connectivity index (χ2v) is 7.87. The predicted molar refractivity (Wildman–Crippen MR) is 104 cm³/mol. The van der Waals surface area contributed by atoms with Crippen molar-refractivity contribution in [2.24, 2.45) is 5.16 Å². The monoisotopic (exact) mass is 456 g/mol. The topological polar surface area (TPSA) is 186 Å². The standard InChI is InChI=1S/C15H16N6O7S2/c1-5(22)28-3-6-4-29-13-8(12(24)21(13)9(6)14(25)26)17-11(23)7(19-27-2)10-18-15(16)30-20-10/h8,13H,3-4H2,1-2H3,(H,17,23)(H,25,26)(H2,16,18,20)/b19-7-/t8-,13+/m1/s1. The zero-order valence-corrected chi connectivity index (χ0v) is 17.3. The van der Waals surface area contributed by atoms with E-state index in [4.69, 9.17) is 10.5 Å². The number of β-lactam (4-membered cyclic amide) rings is 1. The van der Waals surface area contributed by atoms with Crippen LogP contribution in [0.3, 0.4) is 0 Å². The molecule has 2 aliphatic heterocycles. The number of ether oxygens (including phenoxy) is 1. The van der Waals surface area contributed by atoms with Crippen molar-refractivity contribution in [2.45, 2.75) is 18.3 Å². The highest BCUT2D eigenvalue weighted by atomic mass is 32.2. The smallest absolute Gasteiger partial charge is 0.352 e. The van der Waals surface area contributed by atoms with E-state index in [2.05, 4.69) is 24.7 Å². The third-order valence-corrected chi connectivity index (χ3v) is 5.92. The number of anilines is 1. The van der Waals surface area contributed by atoms with Crippen molar-refractivity contribution in [3.8, 4) is 0 Å². The minimum atomic E-state index is -1.33. The number of esters is 1. The molecule has 0 unspecified atom stereocenters. The van der Waals surface area contributed by atoms with E-state index in [1.165, 1.54) is 25.8 Å². The Bertz CT molecular complexity index is 974. The second kappa shape index (κ2) is 8.66. The number of thioether (sulfide) groups is 1. The average Bonchev–Trinajstić information content (AvgIpc) is 3.13. The first-order valence-electron chi connectivity index (χ1n) is 8.29. The predicted octanol–water partition coefficient (Wildman–Crippen LogP) is -1.23. The van der Waals surface area contributed by atoms with Gasteiger partial charge < -0.3 is 25.7 Å². The lowest BCUT2D eigenvalue weighted by Crippen LogP contribution is -2.71. The molecule has 13 nitrogen and oxygen atoms in total. The summed E-state index contributed by atoms with van der Waals surface area (Å²) in [7, 11) is 1.23.